The van der Waals surface area contributed by atoms with Gasteiger partial charge in [-0.1, -0.05) is 25.8 Å². The molecule has 0 radical (unpaired) electrons. The molecular weight excluding hydrogens is 206 g/mol. The van der Waals surface area contributed by atoms with Crippen LogP contribution in [0.1, 0.15) is 26.2 Å². The molecule has 0 unspecified atom stereocenters. The van der Waals surface area contributed by atoms with E-state index in [0.29, 0.717) is 5.57 Å². The molecule has 1 atom stereocenters. The van der Waals surface area contributed by atoms with Crippen molar-refractivity contribution in [3.63, 3.8) is 0 Å². The summed E-state index contributed by atoms with van der Waals surface area (Å²) in [5.41, 5.74) is 0.626. The maximum Gasteiger partial charge on any atom is 0.417 e. The Morgan fingerprint density at radius 2 is 2.38 bits per heavy atom. The standard InChI is InChI=1S/C12H17NO3/c1-3-4-5-10-6-7-13(12(15)16-2)8-11(10)9-14/h6-10H,3-5H2,1-2H3/t10-/m1/s1. The SMILES string of the molecule is CCCC[C@@H]1C=CN(C(=O)OC)C=C1C=O. The Bertz CT molecular complexity index is 320. The van der Waals surface area contributed by atoms with Gasteiger partial charge in [-0.25, -0.2) is 4.79 Å². The van der Waals surface area contributed by atoms with Crippen LogP contribution in [0.3, 0.4) is 0 Å². The van der Waals surface area contributed by atoms with Crippen LogP contribution in [0.5, 0.6) is 0 Å². The molecule has 88 valence electrons. The summed E-state index contributed by atoms with van der Waals surface area (Å²) in [4.78, 5) is 23.4. The Balaban J connectivity index is 2.71. The number of rotatable bonds is 4. The average molecular weight is 223 g/mol. The topological polar surface area (TPSA) is 46.6 Å². The molecule has 1 aliphatic rings. The number of methoxy groups -OCH3 is 1. The van der Waals surface area contributed by atoms with Crippen molar-refractivity contribution in [3.05, 3.63) is 24.0 Å². The third-order valence-corrected chi connectivity index (χ3v) is 2.59. The van der Waals surface area contributed by atoms with Gasteiger partial charge in [-0.3, -0.25) is 9.69 Å². The molecule has 4 heteroatoms. The van der Waals surface area contributed by atoms with Gasteiger partial charge in [0, 0.05) is 23.9 Å². The lowest BCUT2D eigenvalue weighted by atomic mass is 9.93. The Morgan fingerprint density at radius 1 is 1.62 bits per heavy atom. The third kappa shape index (κ3) is 2.95. The molecule has 0 N–H and O–H groups in total. The number of amides is 1. The van der Waals surface area contributed by atoms with E-state index in [0.717, 1.165) is 25.5 Å². The number of unbranched alkanes of at least 4 members (excludes halogenated alkanes) is 1. The smallest absolute Gasteiger partial charge is 0.417 e. The number of hydrogen-bond acceptors (Lipinski definition) is 3. The first-order chi connectivity index (χ1) is 7.72. The average Bonchev–Trinajstić information content (AvgIpc) is 2.35. The summed E-state index contributed by atoms with van der Waals surface area (Å²) >= 11 is 0. The number of carbonyl (C=O) groups excluding carboxylic acids is 2. The van der Waals surface area contributed by atoms with E-state index in [9.17, 15) is 9.59 Å². The minimum atomic E-state index is -0.482. The van der Waals surface area contributed by atoms with Gasteiger partial charge in [0.25, 0.3) is 0 Å². The molecule has 0 aliphatic carbocycles. The van der Waals surface area contributed by atoms with Crippen LogP contribution < -0.4 is 0 Å². The summed E-state index contributed by atoms with van der Waals surface area (Å²) in [6.45, 7) is 2.11. The zero-order valence-electron chi connectivity index (χ0n) is 9.68. The highest BCUT2D eigenvalue weighted by Gasteiger charge is 2.19. The first-order valence-electron chi connectivity index (χ1n) is 5.44. The van der Waals surface area contributed by atoms with E-state index in [4.69, 9.17) is 0 Å². The van der Waals surface area contributed by atoms with Gasteiger partial charge in [0.2, 0.25) is 0 Å². The predicted octanol–water partition coefficient (Wildman–Crippen LogP) is 2.47. The molecule has 0 fully saturated rings. The van der Waals surface area contributed by atoms with E-state index in [2.05, 4.69) is 11.7 Å². The van der Waals surface area contributed by atoms with Crippen LogP contribution >= 0.6 is 0 Å². The summed E-state index contributed by atoms with van der Waals surface area (Å²) in [6.07, 6.45) is 8.49. The second-order valence-electron chi connectivity index (χ2n) is 3.71. The molecule has 1 rings (SSSR count). The minimum absolute atomic E-state index is 0.123. The number of hydrogen-bond donors (Lipinski definition) is 0. The monoisotopic (exact) mass is 223 g/mol. The second kappa shape index (κ2) is 6.10. The molecule has 0 aromatic rings. The van der Waals surface area contributed by atoms with E-state index in [1.807, 2.05) is 6.08 Å². The van der Waals surface area contributed by atoms with Crippen LogP contribution in [-0.4, -0.2) is 24.4 Å². The fourth-order valence-corrected chi connectivity index (χ4v) is 1.63. The van der Waals surface area contributed by atoms with Gasteiger partial charge in [-0.2, -0.15) is 0 Å². The van der Waals surface area contributed by atoms with Gasteiger partial charge in [0.05, 0.1) is 7.11 Å². The van der Waals surface area contributed by atoms with Crippen molar-refractivity contribution >= 4 is 12.4 Å². The van der Waals surface area contributed by atoms with Crippen molar-refractivity contribution in [2.24, 2.45) is 5.92 Å². The molecule has 1 heterocycles. The van der Waals surface area contributed by atoms with Crippen molar-refractivity contribution in [2.45, 2.75) is 26.2 Å². The quantitative estimate of drug-likeness (QED) is 0.688. The van der Waals surface area contributed by atoms with E-state index in [1.54, 1.807) is 12.4 Å². The minimum Gasteiger partial charge on any atom is -0.452 e. The zero-order valence-corrected chi connectivity index (χ0v) is 9.68. The Labute approximate surface area is 95.6 Å². The molecule has 0 saturated heterocycles. The molecule has 0 bridgehead atoms. The first kappa shape index (κ1) is 12.5. The maximum absolute atomic E-state index is 11.2. The van der Waals surface area contributed by atoms with Gasteiger partial charge >= 0.3 is 6.09 Å². The van der Waals surface area contributed by atoms with Crippen LogP contribution in [0.15, 0.2) is 24.0 Å². The Hall–Kier alpha value is -1.58. The van der Waals surface area contributed by atoms with E-state index in [1.165, 1.54) is 12.0 Å². The molecule has 0 spiro atoms. The van der Waals surface area contributed by atoms with Crippen molar-refractivity contribution in [3.8, 4) is 0 Å². The number of allylic oxidation sites excluding steroid dienone is 2. The zero-order chi connectivity index (χ0) is 12.0. The predicted molar refractivity (Wildman–Crippen MR) is 60.5 cm³/mol. The van der Waals surface area contributed by atoms with Crippen LogP contribution in [-0.2, 0) is 9.53 Å². The molecule has 1 amide bonds. The summed E-state index contributed by atoms with van der Waals surface area (Å²) in [6, 6.07) is 0. The normalized spacial score (nSPS) is 19.2. The number of ether oxygens (including phenoxy) is 1. The number of aldehydes is 1. The summed E-state index contributed by atoms with van der Waals surface area (Å²) in [5, 5.41) is 0. The lowest BCUT2D eigenvalue weighted by molar-refractivity contribution is -0.105. The second-order valence-corrected chi connectivity index (χ2v) is 3.71. The largest absolute Gasteiger partial charge is 0.452 e. The van der Waals surface area contributed by atoms with Crippen LogP contribution in [0, 0.1) is 5.92 Å². The van der Waals surface area contributed by atoms with Crippen LogP contribution in [0.2, 0.25) is 0 Å². The van der Waals surface area contributed by atoms with Gasteiger partial charge in [0.1, 0.15) is 6.29 Å². The fraction of sp³-hybridized carbons (Fsp3) is 0.500. The van der Waals surface area contributed by atoms with Crippen LogP contribution in [0.25, 0.3) is 0 Å². The highest BCUT2D eigenvalue weighted by Crippen LogP contribution is 2.23. The Morgan fingerprint density at radius 3 is 2.94 bits per heavy atom. The first-order valence-corrected chi connectivity index (χ1v) is 5.44. The van der Waals surface area contributed by atoms with E-state index in [-0.39, 0.29) is 5.92 Å². The summed E-state index contributed by atoms with van der Waals surface area (Å²) < 4.78 is 4.57. The van der Waals surface area contributed by atoms with Crippen molar-refractivity contribution in [2.75, 3.05) is 7.11 Å². The lowest BCUT2D eigenvalue weighted by Gasteiger charge is -2.22. The van der Waals surface area contributed by atoms with Gasteiger partial charge in [0.15, 0.2) is 0 Å². The van der Waals surface area contributed by atoms with Gasteiger partial charge in [-0.15, -0.1) is 0 Å². The van der Waals surface area contributed by atoms with Gasteiger partial charge in [-0.05, 0) is 6.42 Å². The molecule has 0 saturated carbocycles. The molecule has 0 aromatic heterocycles. The lowest BCUT2D eigenvalue weighted by Crippen LogP contribution is -2.24. The van der Waals surface area contributed by atoms with E-state index < -0.39 is 6.09 Å². The third-order valence-electron chi connectivity index (χ3n) is 2.59. The van der Waals surface area contributed by atoms with E-state index >= 15 is 0 Å². The highest BCUT2D eigenvalue weighted by atomic mass is 16.5. The van der Waals surface area contributed by atoms with Crippen molar-refractivity contribution < 1.29 is 14.3 Å². The number of carbonyl (C=O) groups is 2. The highest BCUT2D eigenvalue weighted by molar-refractivity contribution is 5.78. The molecule has 0 aromatic carbocycles. The summed E-state index contributed by atoms with van der Waals surface area (Å²) in [7, 11) is 1.31. The van der Waals surface area contributed by atoms with Gasteiger partial charge < -0.3 is 4.74 Å². The molecule has 1 aliphatic heterocycles. The Kier molecular flexibility index (Phi) is 4.76. The van der Waals surface area contributed by atoms with Crippen LogP contribution in [0.4, 0.5) is 4.79 Å². The summed E-state index contributed by atoms with van der Waals surface area (Å²) in [5.74, 6) is 0.123. The maximum atomic E-state index is 11.2. The fourth-order valence-electron chi connectivity index (χ4n) is 1.63. The molecule has 4 nitrogen and oxygen atoms in total. The molecule has 16 heavy (non-hydrogen) atoms. The van der Waals surface area contributed by atoms with Crippen molar-refractivity contribution in [1.29, 1.82) is 0 Å². The van der Waals surface area contributed by atoms with Crippen molar-refractivity contribution in [1.82, 2.24) is 4.90 Å². The number of nitrogens with zero attached hydrogens (tertiary/aromatic N) is 1. The molecular formula is C12H17NO3.